The highest BCUT2D eigenvalue weighted by Crippen LogP contribution is 2.14. The molecule has 0 radical (unpaired) electrons. The first kappa shape index (κ1) is 21.2. The lowest BCUT2D eigenvalue weighted by Gasteiger charge is -2.07. The highest BCUT2D eigenvalue weighted by atomic mass is 32.2. The van der Waals surface area contributed by atoms with Gasteiger partial charge in [0.25, 0.3) is 0 Å². The number of rotatable bonds is 14. The number of hydrogen-bond acceptors (Lipinski definition) is 3. The van der Waals surface area contributed by atoms with Crippen LogP contribution in [0.2, 0.25) is 0 Å². The van der Waals surface area contributed by atoms with Gasteiger partial charge in [-0.2, -0.15) is 5.10 Å². The van der Waals surface area contributed by atoms with Crippen molar-refractivity contribution in [2.75, 3.05) is 6.54 Å². The molecule has 0 unspecified atom stereocenters. The smallest absolute Gasteiger partial charge is 0.243 e. The lowest BCUT2D eigenvalue weighted by molar-refractivity contribution is 0.548. The van der Waals surface area contributed by atoms with E-state index in [1.54, 1.807) is 11.6 Å². The minimum absolute atomic E-state index is 0.302. The summed E-state index contributed by atoms with van der Waals surface area (Å²) in [6.45, 7) is 7.18. The second-order valence-electron chi connectivity index (χ2n) is 6.49. The standard InChI is InChI=1S/C18H35N3O2S/c1-4-6-7-8-9-10-11-12-13-14-15-20-24(22,23)18-16-19-21(5-2)17(18)3/h16,20H,4-15H2,1-3H3. The summed E-state index contributed by atoms with van der Waals surface area (Å²) in [6.07, 6.45) is 13.9. The molecule has 0 atom stereocenters. The van der Waals surface area contributed by atoms with Crippen LogP contribution in [0.5, 0.6) is 0 Å². The third kappa shape index (κ3) is 7.34. The molecule has 24 heavy (non-hydrogen) atoms. The van der Waals surface area contributed by atoms with Gasteiger partial charge in [-0.3, -0.25) is 4.68 Å². The molecule has 0 aromatic carbocycles. The SMILES string of the molecule is CCCCCCCCCCCCNS(=O)(=O)c1cnn(CC)c1C. The Morgan fingerprint density at radius 3 is 2.00 bits per heavy atom. The van der Waals surface area contributed by atoms with Crippen LogP contribution in [0.1, 0.15) is 83.7 Å². The molecular weight excluding hydrogens is 322 g/mol. The van der Waals surface area contributed by atoms with Gasteiger partial charge in [-0.25, -0.2) is 13.1 Å². The van der Waals surface area contributed by atoms with Crippen LogP contribution in [-0.4, -0.2) is 24.7 Å². The largest absolute Gasteiger partial charge is 0.269 e. The van der Waals surface area contributed by atoms with Crippen molar-refractivity contribution in [1.82, 2.24) is 14.5 Å². The van der Waals surface area contributed by atoms with E-state index in [2.05, 4.69) is 16.7 Å². The Hall–Kier alpha value is -0.880. The first-order valence-electron chi connectivity index (χ1n) is 9.55. The molecule has 0 fully saturated rings. The summed E-state index contributed by atoms with van der Waals surface area (Å²) < 4.78 is 29.0. The Morgan fingerprint density at radius 2 is 1.50 bits per heavy atom. The number of unbranched alkanes of at least 4 members (excludes halogenated alkanes) is 9. The van der Waals surface area contributed by atoms with Gasteiger partial charge in [0.15, 0.2) is 0 Å². The van der Waals surface area contributed by atoms with E-state index >= 15 is 0 Å². The van der Waals surface area contributed by atoms with Gasteiger partial charge >= 0.3 is 0 Å². The fraction of sp³-hybridized carbons (Fsp3) is 0.833. The summed E-state index contributed by atoms with van der Waals surface area (Å²) in [5, 5.41) is 4.10. The highest BCUT2D eigenvalue weighted by Gasteiger charge is 2.19. The minimum Gasteiger partial charge on any atom is -0.269 e. The predicted octanol–water partition coefficient (Wildman–Crippen LogP) is 4.41. The molecule has 6 heteroatoms. The summed E-state index contributed by atoms with van der Waals surface area (Å²) in [6, 6.07) is 0. The first-order chi connectivity index (χ1) is 11.5. The molecule has 0 saturated carbocycles. The highest BCUT2D eigenvalue weighted by molar-refractivity contribution is 7.89. The summed E-state index contributed by atoms with van der Waals surface area (Å²) >= 11 is 0. The predicted molar refractivity (Wildman–Crippen MR) is 99.7 cm³/mol. The van der Waals surface area contributed by atoms with Crippen molar-refractivity contribution in [3.63, 3.8) is 0 Å². The van der Waals surface area contributed by atoms with E-state index in [9.17, 15) is 8.42 Å². The van der Waals surface area contributed by atoms with E-state index in [0.29, 0.717) is 23.7 Å². The molecule has 0 spiro atoms. The molecule has 0 saturated heterocycles. The van der Waals surface area contributed by atoms with Crippen molar-refractivity contribution in [2.24, 2.45) is 0 Å². The van der Waals surface area contributed by atoms with E-state index in [1.165, 1.54) is 57.6 Å². The molecular formula is C18H35N3O2S. The third-order valence-electron chi connectivity index (χ3n) is 4.47. The third-order valence-corrected chi connectivity index (χ3v) is 6.03. The van der Waals surface area contributed by atoms with Crippen molar-refractivity contribution in [2.45, 2.75) is 96.4 Å². The molecule has 0 aliphatic heterocycles. The molecule has 1 N–H and O–H groups in total. The lowest BCUT2D eigenvalue weighted by Crippen LogP contribution is -2.25. The van der Waals surface area contributed by atoms with Crippen molar-refractivity contribution in [3.05, 3.63) is 11.9 Å². The van der Waals surface area contributed by atoms with E-state index in [0.717, 1.165) is 12.8 Å². The van der Waals surface area contributed by atoms with Crippen LogP contribution >= 0.6 is 0 Å². The lowest BCUT2D eigenvalue weighted by atomic mass is 10.1. The van der Waals surface area contributed by atoms with Crippen LogP contribution in [0.4, 0.5) is 0 Å². The summed E-state index contributed by atoms with van der Waals surface area (Å²) in [5.41, 5.74) is 0.702. The zero-order valence-corrected chi connectivity index (χ0v) is 16.5. The molecule has 5 nitrogen and oxygen atoms in total. The minimum atomic E-state index is -3.42. The van der Waals surface area contributed by atoms with Crippen LogP contribution < -0.4 is 4.72 Å². The van der Waals surface area contributed by atoms with Gasteiger partial charge in [-0.1, -0.05) is 64.7 Å². The van der Waals surface area contributed by atoms with Crippen LogP contribution in [0.25, 0.3) is 0 Å². The van der Waals surface area contributed by atoms with Gasteiger partial charge in [0.05, 0.1) is 11.9 Å². The van der Waals surface area contributed by atoms with E-state index in [4.69, 9.17) is 0 Å². The monoisotopic (exact) mass is 357 g/mol. The fourth-order valence-electron chi connectivity index (χ4n) is 2.91. The summed E-state index contributed by atoms with van der Waals surface area (Å²) in [5.74, 6) is 0. The number of nitrogens with one attached hydrogen (secondary N) is 1. The second kappa shape index (κ2) is 11.6. The van der Waals surface area contributed by atoms with Crippen LogP contribution in [0, 0.1) is 6.92 Å². The normalized spacial score (nSPS) is 12.0. The zero-order valence-electron chi connectivity index (χ0n) is 15.7. The van der Waals surface area contributed by atoms with E-state index < -0.39 is 10.0 Å². The Balaban J connectivity index is 2.13. The molecule has 1 heterocycles. The molecule has 0 bridgehead atoms. The molecule has 0 amide bonds. The second-order valence-corrected chi connectivity index (χ2v) is 8.23. The first-order valence-corrected chi connectivity index (χ1v) is 11.0. The average Bonchev–Trinajstić information content (AvgIpc) is 2.94. The molecule has 0 aliphatic rings. The Kier molecular flexibility index (Phi) is 10.3. The Labute approximate surface area is 148 Å². The van der Waals surface area contributed by atoms with Crippen LogP contribution in [-0.2, 0) is 16.6 Å². The van der Waals surface area contributed by atoms with Crippen LogP contribution in [0.3, 0.4) is 0 Å². The number of sulfonamides is 1. The molecule has 1 aromatic rings. The summed E-state index contributed by atoms with van der Waals surface area (Å²) in [4.78, 5) is 0.302. The maximum atomic E-state index is 12.3. The van der Waals surface area contributed by atoms with Gasteiger partial charge in [-0.05, 0) is 20.3 Å². The maximum Gasteiger partial charge on any atom is 0.243 e. The fourth-order valence-corrected chi connectivity index (χ4v) is 4.16. The number of aryl methyl sites for hydroxylation is 1. The number of hydrogen-bond donors (Lipinski definition) is 1. The molecule has 1 aromatic heterocycles. The van der Waals surface area contributed by atoms with Crippen molar-refractivity contribution < 1.29 is 8.42 Å². The van der Waals surface area contributed by atoms with Crippen LogP contribution in [0.15, 0.2) is 11.1 Å². The van der Waals surface area contributed by atoms with Gasteiger partial charge < -0.3 is 0 Å². The van der Waals surface area contributed by atoms with E-state index in [-0.39, 0.29) is 0 Å². The maximum absolute atomic E-state index is 12.3. The van der Waals surface area contributed by atoms with Gasteiger partial charge in [0.1, 0.15) is 4.90 Å². The van der Waals surface area contributed by atoms with Gasteiger partial charge in [0.2, 0.25) is 10.0 Å². The Bertz CT molecular complexity index is 553. The quantitative estimate of drug-likeness (QED) is 0.502. The van der Waals surface area contributed by atoms with Crippen molar-refractivity contribution >= 4 is 10.0 Å². The average molecular weight is 358 g/mol. The summed E-state index contributed by atoms with van der Waals surface area (Å²) in [7, 11) is -3.42. The van der Waals surface area contributed by atoms with Gasteiger partial charge in [0, 0.05) is 13.1 Å². The molecule has 140 valence electrons. The van der Waals surface area contributed by atoms with Gasteiger partial charge in [-0.15, -0.1) is 0 Å². The topological polar surface area (TPSA) is 64.0 Å². The zero-order chi connectivity index (χ0) is 17.8. The Morgan fingerprint density at radius 1 is 0.958 bits per heavy atom. The van der Waals surface area contributed by atoms with Crippen molar-refractivity contribution in [1.29, 1.82) is 0 Å². The molecule has 0 aliphatic carbocycles. The molecule has 1 rings (SSSR count). The number of nitrogens with zero attached hydrogens (tertiary/aromatic N) is 2. The van der Waals surface area contributed by atoms with E-state index in [1.807, 2.05) is 6.92 Å². The number of aromatic nitrogens is 2. The van der Waals surface area contributed by atoms with Crippen molar-refractivity contribution in [3.8, 4) is 0 Å².